The molecule has 2 rings (SSSR count). The summed E-state index contributed by atoms with van der Waals surface area (Å²) in [4.78, 5) is 3.67. The summed E-state index contributed by atoms with van der Waals surface area (Å²) < 4.78 is 0. The van der Waals surface area contributed by atoms with Crippen molar-refractivity contribution in [3.63, 3.8) is 0 Å². The van der Waals surface area contributed by atoms with E-state index in [1.807, 2.05) is 12.1 Å². The maximum atomic E-state index is 9.42. The van der Waals surface area contributed by atoms with E-state index in [0.717, 1.165) is 11.4 Å². The van der Waals surface area contributed by atoms with Gasteiger partial charge in [0.05, 0.1) is 14.1 Å². The maximum Gasteiger partial charge on any atom is 0.116 e. The Hall–Kier alpha value is -1.45. The summed E-state index contributed by atoms with van der Waals surface area (Å²) in [6.45, 7) is 1.04. The van der Waals surface area contributed by atoms with Gasteiger partial charge in [0.25, 0.3) is 0 Å². The van der Waals surface area contributed by atoms with E-state index >= 15 is 0 Å². The van der Waals surface area contributed by atoms with E-state index in [4.69, 9.17) is 0 Å². The molecule has 0 radical (unpaired) electrons. The highest BCUT2D eigenvalue weighted by Crippen LogP contribution is 2.29. The summed E-state index contributed by atoms with van der Waals surface area (Å²) in [5.41, 5.74) is 1.34. The Morgan fingerprint density at radius 3 is 2.33 bits per heavy atom. The predicted octanol–water partition coefficient (Wildman–Crippen LogP) is 2.19. The zero-order valence-electron chi connectivity index (χ0n) is 10.7. The lowest BCUT2D eigenvalue weighted by Crippen LogP contribution is -3.04. The van der Waals surface area contributed by atoms with E-state index < -0.39 is 0 Å². The van der Waals surface area contributed by atoms with Crippen molar-refractivity contribution in [1.82, 2.24) is 0 Å². The van der Waals surface area contributed by atoms with Gasteiger partial charge in [0, 0.05) is 15.4 Å². The van der Waals surface area contributed by atoms with Gasteiger partial charge in [-0.1, -0.05) is 30.0 Å². The minimum Gasteiger partial charge on any atom is -0.508 e. The molecule has 0 fully saturated rings. The molecule has 0 unspecified atom stereocenters. The largest absolute Gasteiger partial charge is 0.508 e. The number of benzene rings is 2. The third kappa shape index (κ3) is 3.79. The maximum absolute atomic E-state index is 9.42. The lowest BCUT2D eigenvalue weighted by Gasteiger charge is -2.08. The van der Waals surface area contributed by atoms with Crippen LogP contribution in [0.5, 0.6) is 5.75 Å². The molecule has 0 heterocycles. The zero-order valence-corrected chi connectivity index (χ0v) is 11.5. The highest BCUT2D eigenvalue weighted by Gasteiger charge is 2.01. The summed E-state index contributed by atoms with van der Waals surface area (Å²) in [5.74, 6) is 0.313. The number of rotatable bonds is 4. The molecule has 0 aromatic heterocycles. The number of nitrogens with one attached hydrogen (secondary N) is 1. The Balaban J connectivity index is 2.06. The van der Waals surface area contributed by atoms with Crippen LogP contribution in [0.4, 0.5) is 0 Å². The first-order valence-corrected chi connectivity index (χ1v) is 6.80. The molecule has 0 spiro atoms. The quantitative estimate of drug-likeness (QED) is 0.881. The minimum absolute atomic E-state index is 0.313. The number of phenolic OH excluding ortho intramolecular Hbond substituents is 1. The Morgan fingerprint density at radius 1 is 1.00 bits per heavy atom. The van der Waals surface area contributed by atoms with Crippen LogP contribution in [0.3, 0.4) is 0 Å². The number of phenols is 1. The van der Waals surface area contributed by atoms with E-state index in [1.54, 1.807) is 23.9 Å². The van der Waals surface area contributed by atoms with Gasteiger partial charge in [-0.3, -0.25) is 0 Å². The molecular formula is C15H18NOS+. The van der Waals surface area contributed by atoms with Gasteiger partial charge in [0.2, 0.25) is 0 Å². The third-order valence-corrected chi connectivity index (χ3v) is 3.53. The summed E-state index contributed by atoms with van der Waals surface area (Å²) in [5, 5.41) is 9.42. The van der Waals surface area contributed by atoms with Gasteiger partial charge in [0.15, 0.2) is 0 Å². The Morgan fingerprint density at radius 2 is 1.72 bits per heavy atom. The van der Waals surface area contributed by atoms with Crippen molar-refractivity contribution < 1.29 is 10.0 Å². The van der Waals surface area contributed by atoms with Crippen molar-refractivity contribution in [2.45, 2.75) is 16.3 Å². The first-order chi connectivity index (χ1) is 8.63. The number of quaternary nitrogens is 1. The smallest absolute Gasteiger partial charge is 0.116 e. The molecule has 18 heavy (non-hydrogen) atoms. The minimum atomic E-state index is 0.313. The highest BCUT2D eigenvalue weighted by molar-refractivity contribution is 7.99. The van der Waals surface area contributed by atoms with Gasteiger partial charge in [-0.05, 0) is 30.3 Å². The first kappa shape index (κ1) is 13.0. The fraction of sp³-hybridized carbons (Fsp3) is 0.200. The second-order valence-corrected chi connectivity index (χ2v) is 5.77. The molecule has 3 heteroatoms. The highest BCUT2D eigenvalue weighted by atomic mass is 32.2. The van der Waals surface area contributed by atoms with Gasteiger partial charge < -0.3 is 10.0 Å². The number of hydrogen-bond donors (Lipinski definition) is 2. The van der Waals surface area contributed by atoms with Crippen molar-refractivity contribution in [3.05, 3.63) is 54.1 Å². The average Bonchev–Trinajstić information content (AvgIpc) is 2.31. The average molecular weight is 260 g/mol. The lowest BCUT2D eigenvalue weighted by atomic mass is 10.2. The van der Waals surface area contributed by atoms with Crippen LogP contribution < -0.4 is 4.90 Å². The van der Waals surface area contributed by atoms with E-state index in [2.05, 4.69) is 38.4 Å². The third-order valence-electron chi connectivity index (χ3n) is 2.53. The molecule has 0 saturated carbocycles. The topological polar surface area (TPSA) is 24.7 Å². The SMILES string of the molecule is C[NH+](C)Cc1ccc(Sc2cccc(O)c2)cc1. The van der Waals surface area contributed by atoms with Gasteiger partial charge in [-0.15, -0.1) is 0 Å². The molecule has 0 aliphatic carbocycles. The van der Waals surface area contributed by atoms with Crippen LogP contribution in [-0.4, -0.2) is 19.2 Å². The normalized spacial score (nSPS) is 10.8. The summed E-state index contributed by atoms with van der Waals surface area (Å²) in [7, 11) is 4.30. The van der Waals surface area contributed by atoms with Crippen LogP contribution in [0, 0.1) is 0 Å². The van der Waals surface area contributed by atoms with E-state index in [9.17, 15) is 5.11 Å². The van der Waals surface area contributed by atoms with Crippen molar-refractivity contribution in [1.29, 1.82) is 0 Å². The van der Waals surface area contributed by atoms with Crippen LogP contribution >= 0.6 is 11.8 Å². The second kappa shape index (κ2) is 5.94. The molecule has 0 amide bonds. The fourth-order valence-electron chi connectivity index (χ4n) is 1.77. The van der Waals surface area contributed by atoms with Gasteiger partial charge in [0.1, 0.15) is 12.3 Å². The van der Waals surface area contributed by atoms with Gasteiger partial charge in [-0.25, -0.2) is 0 Å². The second-order valence-electron chi connectivity index (χ2n) is 4.63. The summed E-state index contributed by atoms with van der Waals surface area (Å²) >= 11 is 1.66. The van der Waals surface area contributed by atoms with Crippen LogP contribution in [0.15, 0.2) is 58.3 Å². The Labute approximate surface area is 112 Å². The first-order valence-electron chi connectivity index (χ1n) is 5.98. The van der Waals surface area contributed by atoms with Crippen molar-refractivity contribution >= 4 is 11.8 Å². The Kier molecular flexibility index (Phi) is 4.28. The molecule has 0 aliphatic rings. The number of hydrogen-bond acceptors (Lipinski definition) is 2. The van der Waals surface area contributed by atoms with Crippen molar-refractivity contribution in [2.75, 3.05) is 14.1 Å². The van der Waals surface area contributed by atoms with Crippen LogP contribution in [0.1, 0.15) is 5.56 Å². The van der Waals surface area contributed by atoms with Crippen LogP contribution in [0.25, 0.3) is 0 Å². The Bertz CT molecular complexity index is 508. The standard InChI is InChI=1S/C15H17NOS/c1-16(2)11-12-6-8-14(9-7-12)18-15-5-3-4-13(17)10-15/h3-10,17H,11H2,1-2H3/p+1. The number of aromatic hydroxyl groups is 1. The van der Waals surface area contributed by atoms with Gasteiger partial charge in [-0.2, -0.15) is 0 Å². The molecule has 2 aromatic carbocycles. The fourth-order valence-corrected chi connectivity index (χ4v) is 2.64. The molecule has 2 N–H and O–H groups in total. The molecule has 2 aromatic rings. The van der Waals surface area contributed by atoms with E-state index in [0.29, 0.717) is 5.75 Å². The predicted molar refractivity (Wildman–Crippen MR) is 75.2 cm³/mol. The monoisotopic (exact) mass is 260 g/mol. The van der Waals surface area contributed by atoms with Crippen LogP contribution in [0.2, 0.25) is 0 Å². The molecule has 94 valence electrons. The van der Waals surface area contributed by atoms with Crippen molar-refractivity contribution in [2.24, 2.45) is 0 Å². The van der Waals surface area contributed by atoms with E-state index in [-0.39, 0.29) is 0 Å². The van der Waals surface area contributed by atoms with Gasteiger partial charge >= 0.3 is 0 Å². The molecule has 0 saturated heterocycles. The summed E-state index contributed by atoms with van der Waals surface area (Å²) in [6, 6.07) is 15.9. The molecule has 0 aliphatic heterocycles. The van der Waals surface area contributed by atoms with Crippen LogP contribution in [-0.2, 0) is 6.54 Å². The zero-order chi connectivity index (χ0) is 13.0. The molecule has 2 nitrogen and oxygen atoms in total. The molecule has 0 atom stereocenters. The van der Waals surface area contributed by atoms with E-state index in [1.165, 1.54) is 15.4 Å². The summed E-state index contributed by atoms with van der Waals surface area (Å²) in [6.07, 6.45) is 0. The molecule has 0 bridgehead atoms. The van der Waals surface area contributed by atoms with Crippen molar-refractivity contribution in [3.8, 4) is 5.75 Å². The lowest BCUT2D eigenvalue weighted by molar-refractivity contribution is -0.872. The molecular weight excluding hydrogens is 242 g/mol.